The normalized spacial score (nSPS) is 10.4. The summed E-state index contributed by atoms with van der Waals surface area (Å²) in [5, 5.41) is 6.15. The molecular weight excluding hydrogens is 240 g/mol. The standard InChI is InChI=1S/C15H24N2O2/c1-3-19-12-4-9-16-10-11-17-15(18)14-7-5-13(2)6-8-14/h5-8,16H,3-4,9-12H2,1-2H3,(H,17,18). The second-order valence-corrected chi connectivity index (χ2v) is 4.42. The highest BCUT2D eigenvalue weighted by molar-refractivity contribution is 5.94. The lowest BCUT2D eigenvalue weighted by molar-refractivity contribution is 0.0953. The Labute approximate surface area is 115 Å². The van der Waals surface area contributed by atoms with Crippen LogP contribution in [0.1, 0.15) is 29.3 Å². The Morgan fingerprint density at radius 1 is 1.16 bits per heavy atom. The third-order valence-corrected chi connectivity index (χ3v) is 2.75. The number of rotatable bonds is 9. The van der Waals surface area contributed by atoms with Gasteiger partial charge in [-0.2, -0.15) is 0 Å². The van der Waals surface area contributed by atoms with Crippen molar-refractivity contribution in [2.75, 3.05) is 32.8 Å². The molecule has 1 rings (SSSR count). The highest BCUT2D eigenvalue weighted by Crippen LogP contribution is 2.02. The lowest BCUT2D eigenvalue weighted by atomic mass is 10.1. The minimum atomic E-state index is -0.0175. The van der Waals surface area contributed by atoms with Crippen molar-refractivity contribution < 1.29 is 9.53 Å². The van der Waals surface area contributed by atoms with E-state index in [1.165, 1.54) is 0 Å². The van der Waals surface area contributed by atoms with Gasteiger partial charge in [-0.05, 0) is 38.9 Å². The van der Waals surface area contributed by atoms with Crippen LogP contribution >= 0.6 is 0 Å². The van der Waals surface area contributed by atoms with Gasteiger partial charge in [0.1, 0.15) is 0 Å². The number of carbonyl (C=O) groups is 1. The summed E-state index contributed by atoms with van der Waals surface area (Å²) in [5.74, 6) is -0.0175. The van der Waals surface area contributed by atoms with E-state index in [-0.39, 0.29) is 5.91 Å². The van der Waals surface area contributed by atoms with Crippen molar-refractivity contribution in [1.29, 1.82) is 0 Å². The monoisotopic (exact) mass is 264 g/mol. The van der Waals surface area contributed by atoms with Gasteiger partial charge in [0, 0.05) is 31.9 Å². The molecule has 0 saturated heterocycles. The van der Waals surface area contributed by atoms with Gasteiger partial charge in [0.05, 0.1) is 0 Å². The largest absolute Gasteiger partial charge is 0.382 e. The summed E-state index contributed by atoms with van der Waals surface area (Å²) < 4.78 is 5.24. The summed E-state index contributed by atoms with van der Waals surface area (Å²) in [7, 11) is 0. The molecule has 0 aliphatic rings. The molecule has 0 atom stereocenters. The lowest BCUT2D eigenvalue weighted by Gasteiger charge is -2.07. The van der Waals surface area contributed by atoms with Crippen LogP contribution in [0, 0.1) is 6.92 Å². The smallest absolute Gasteiger partial charge is 0.251 e. The highest BCUT2D eigenvalue weighted by atomic mass is 16.5. The molecule has 0 unspecified atom stereocenters. The van der Waals surface area contributed by atoms with Crippen molar-refractivity contribution in [1.82, 2.24) is 10.6 Å². The molecule has 106 valence electrons. The van der Waals surface area contributed by atoms with Gasteiger partial charge in [0.2, 0.25) is 0 Å². The lowest BCUT2D eigenvalue weighted by Crippen LogP contribution is -2.32. The number of amides is 1. The second kappa shape index (κ2) is 9.53. The van der Waals surface area contributed by atoms with Gasteiger partial charge < -0.3 is 15.4 Å². The molecule has 4 heteroatoms. The first-order chi connectivity index (χ1) is 9.24. The van der Waals surface area contributed by atoms with E-state index in [4.69, 9.17) is 4.74 Å². The Morgan fingerprint density at radius 2 is 1.89 bits per heavy atom. The first-order valence-corrected chi connectivity index (χ1v) is 6.87. The van der Waals surface area contributed by atoms with Gasteiger partial charge in [-0.25, -0.2) is 0 Å². The van der Waals surface area contributed by atoms with Crippen LogP contribution in [-0.2, 0) is 4.74 Å². The number of aryl methyl sites for hydroxylation is 1. The van der Waals surface area contributed by atoms with Crippen LogP contribution in [0.25, 0.3) is 0 Å². The molecule has 1 aromatic carbocycles. The molecule has 0 spiro atoms. The summed E-state index contributed by atoms with van der Waals surface area (Å²) in [6.07, 6.45) is 1.000. The summed E-state index contributed by atoms with van der Waals surface area (Å²) >= 11 is 0. The molecule has 19 heavy (non-hydrogen) atoms. The number of ether oxygens (including phenoxy) is 1. The van der Waals surface area contributed by atoms with Crippen LogP contribution in [0.15, 0.2) is 24.3 Å². The maximum atomic E-state index is 11.8. The predicted molar refractivity (Wildman–Crippen MR) is 77.5 cm³/mol. The topological polar surface area (TPSA) is 50.4 Å². The van der Waals surface area contributed by atoms with Crippen LogP contribution < -0.4 is 10.6 Å². The predicted octanol–water partition coefficient (Wildman–Crippen LogP) is 1.74. The molecule has 0 radical (unpaired) electrons. The maximum absolute atomic E-state index is 11.8. The zero-order chi connectivity index (χ0) is 13.9. The highest BCUT2D eigenvalue weighted by Gasteiger charge is 2.03. The van der Waals surface area contributed by atoms with Gasteiger partial charge in [0.25, 0.3) is 5.91 Å². The fraction of sp³-hybridized carbons (Fsp3) is 0.533. The Morgan fingerprint density at radius 3 is 2.58 bits per heavy atom. The second-order valence-electron chi connectivity index (χ2n) is 4.42. The number of hydrogen-bond donors (Lipinski definition) is 2. The first-order valence-electron chi connectivity index (χ1n) is 6.87. The van der Waals surface area contributed by atoms with E-state index >= 15 is 0 Å². The molecule has 0 fully saturated rings. The molecule has 0 saturated carbocycles. The van der Waals surface area contributed by atoms with E-state index in [1.54, 1.807) is 0 Å². The summed E-state index contributed by atoms with van der Waals surface area (Å²) in [6, 6.07) is 7.59. The van der Waals surface area contributed by atoms with E-state index < -0.39 is 0 Å². The minimum Gasteiger partial charge on any atom is -0.382 e. The van der Waals surface area contributed by atoms with E-state index in [0.717, 1.165) is 38.3 Å². The zero-order valence-electron chi connectivity index (χ0n) is 11.9. The molecule has 1 aromatic rings. The fourth-order valence-corrected chi connectivity index (χ4v) is 1.64. The average molecular weight is 264 g/mol. The van der Waals surface area contributed by atoms with Gasteiger partial charge in [-0.15, -0.1) is 0 Å². The van der Waals surface area contributed by atoms with Crippen LogP contribution in [0.3, 0.4) is 0 Å². The number of hydrogen-bond acceptors (Lipinski definition) is 3. The van der Waals surface area contributed by atoms with Crippen LogP contribution in [0.2, 0.25) is 0 Å². The van der Waals surface area contributed by atoms with E-state index in [0.29, 0.717) is 12.1 Å². The van der Waals surface area contributed by atoms with Gasteiger partial charge in [-0.3, -0.25) is 4.79 Å². The molecule has 0 aromatic heterocycles. The average Bonchev–Trinajstić information content (AvgIpc) is 2.42. The molecule has 4 nitrogen and oxygen atoms in total. The molecule has 0 aliphatic carbocycles. The molecule has 1 amide bonds. The maximum Gasteiger partial charge on any atom is 0.251 e. The fourth-order valence-electron chi connectivity index (χ4n) is 1.64. The van der Waals surface area contributed by atoms with Crippen molar-refractivity contribution in [3.63, 3.8) is 0 Å². The molecule has 0 aliphatic heterocycles. The van der Waals surface area contributed by atoms with E-state index in [2.05, 4.69) is 10.6 Å². The van der Waals surface area contributed by atoms with Gasteiger partial charge in [0.15, 0.2) is 0 Å². The zero-order valence-corrected chi connectivity index (χ0v) is 11.9. The Bertz CT molecular complexity index is 363. The third kappa shape index (κ3) is 6.94. The molecule has 0 bridgehead atoms. The molecule has 2 N–H and O–H groups in total. The summed E-state index contributed by atoms with van der Waals surface area (Å²) in [6.45, 7) is 7.90. The Balaban J connectivity index is 2.06. The van der Waals surface area contributed by atoms with Crippen LogP contribution in [-0.4, -0.2) is 38.8 Å². The molecule has 0 heterocycles. The van der Waals surface area contributed by atoms with Crippen molar-refractivity contribution in [3.8, 4) is 0 Å². The first kappa shape index (κ1) is 15.7. The number of carbonyl (C=O) groups excluding carboxylic acids is 1. The van der Waals surface area contributed by atoms with Gasteiger partial charge in [-0.1, -0.05) is 17.7 Å². The summed E-state index contributed by atoms with van der Waals surface area (Å²) in [5.41, 5.74) is 1.87. The van der Waals surface area contributed by atoms with Crippen molar-refractivity contribution in [2.24, 2.45) is 0 Å². The van der Waals surface area contributed by atoms with Crippen molar-refractivity contribution in [2.45, 2.75) is 20.3 Å². The quantitative estimate of drug-likeness (QED) is 0.668. The number of benzene rings is 1. The Kier molecular flexibility index (Phi) is 7.86. The third-order valence-electron chi connectivity index (χ3n) is 2.75. The van der Waals surface area contributed by atoms with Crippen LogP contribution in [0.5, 0.6) is 0 Å². The van der Waals surface area contributed by atoms with Crippen molar-refractivity contribution >= 4 is 5.91 Å². The number of nitrogens with one attached hydrogen (secondary N) is 2. The SMILES string of the molecule is CCOCCCNCCNC(=O)c1ccc(C)cc1. The minimum absolute atomic E-state index is 0.0175. The van der Waals surface area contributed by atoms with Crippen LogP contribution in [0.4, 0.5) is 0 Å². The summed E-state index contributed by atoms with van der Waals surface area (Å²) in [4.78, 5) is 11.8. The van der Waals surface area contributed by atoms with E-state index in [9.17, 15) is 4.79 Å². The van der Waals surface area contributed by atoms with Crippen molar-refractivity contribution in [3.05, 3.63) is 35.4 Å². The molecular formula is C15H24N2O2. The van der Waals surface area contributed by atoms with Gasteiger partial charge >= 0.3 is 0 Å². The Hall–Kier alpha value is -1.39. The van der Waals surface area contributed by atoms with E-state index in [1.807, 2.05) is 38.1 Å².